The predicted molar refractivity (Wildman–Crippen MR) is 85.1 cm³/mol. The second kappa shape index (κ2) is 5.61. The lowest BCUT2D eigenvalue weighted by atomic mass is 10.1. The molecule has 2 N–H and O–H groups in total. The first-order valence-corrected chi connectivity index (χ1v) is 7.02. The summed E-state index contributed by atoms with van der Waals surface area (Å²) in [6, 6.07) is 14.9. The SMILES string of the molecule is Cc1ccc(-c2nc(C(N)=O)nn2-c2ccc(Cl)cc2)cc1. The monoisotopic (exact) mass is 312 g/mol. The number of carbonyl (C=O) groups excluding carboxylic acids is 1. The van der Waals surface area contributed by atoms with Gasteiger partial charge in [-0.25, -0.2) is 9.67 Å². The van der Waals surface area contributed by atoms with Crippen LogP contribution in [0.25, 0.3) is 17.1 Å². The fraction of sp³-hybridized carbons (Fsp3) is 0.0625. The van der Waals surface area contributed by atoms with Crippen LogP contribution >= 0.6 is 11.6 Å². The van der Waals surface area contributed by atoms with Gasteiger partial charge >= 0.3 is 0 Å². The maximum absolute atomic E-state index is 11.4. The van der Waals surface area contributed by atoms with Gasteiger partial charge in [0.15, 0.2) is 5.82 Å². The molecule has 5 nitrogen and oxygen atoms in total. The molecule has 0 saturated heterocycles. The van der Waals surface area contributed by atoms with E-state index in [2.05, 4.69) is 10.1 Å². The fourth-order valence-corrected chi connectivity index (χ4v) is 2.19. The van der Waals surface area contributed by atoms with E-state index in [-0.39, 0.29) is 5.82 Å². The van der Waals surface area contributed by atoms with Crippen molar-refractivity contribution >= 4 is 17.5 Å². The van der Waals surface area contributed by atoms with Crippen LogP contribution in [-0.4, -0.2) is 20.7 Å². The average Bonchev–Trinajstić information content (AvgIpc) is 2.94. The second-order valence-corrected chi connectivity index (χ2v) is 5.31. The maximum atomic E-state index is 11.4. The number of nitrogens with zero attached hydrogens (tertiary/aromatic N) is 3. The molecule has 0 aliphatic heterocycles. The van der Waals surface area contributed by atoms with E-state index in [9.17, 15) is 4.79 Å². The van der Waals surface area contributed by atoms with Crippen molar-refractivity contribution < 1.29 is 4.79 Å². The third-order valence-electron chi connectivity index (χ3n) is 3.21. The van der Waals surface area contributed by atoms with Crippen LogP contribution in [0.2, 0.25) is 5.02 Å². The summed E-state index contributed by atoms with van der Waals surface area (Å²) >= 11 is 5.91. The van der Waals surface area contributed by atoms with Crippen LogP contribution in [0.3, 0.4) is 0 Å². The normalized spacial score (nSPS) is 10.6. The highest BCUT2D eigenvalue weighted by Gasteiger charge is 2.16. The molecule has 0 unspecified atom stereocenters. The lowest BCUT2D eigenvalue weighted by Gasteiger charge is -2.06. The molecule has 22 heavy (non-hydrogen) atoms. The minimum absolute atomic E-state index is 0.0227. The van der Waals surface area contributed by atoms with E-state index in [0.717, 1.165) is 16.8 Å². The molecule has 0 fully saturated rings. The van der Waals surface area contributed by atoms with Crippen LogP contribution in [0, 0.1) is 6.92 Å². The molecular weight excluding hydrogens is 300 g/mol. The number of aryl methyl sites for hydroxylation is 1. The number of aromatic nitrogens is 3. The van der Waals surface area contributed by atoms with Crippen molar-refractivity contribution in [3.8, 4) is 17.1 Å². The van der Waals surface area contributed by atoms with Crippen molar-refractivity contribution in [1.82, 2.24) is 14.8 Å². The zero-order chi connectivity index (χ0) is 15.7. The lowest BCUT2D eigenvalue weighted by Crippen LogP contribution is -2.13. The number of carbonyl (C=O) groups is 1. The molecule has 0 atom stereocenters. The van der Waals surface area contributed by atoms with Gasteiger partial charge in [0.05, 0.1) is 5.69 Å². The van der Waals surface area contributed by atoms with Crippen LogP contribution < -0.4 is 5.73 Å². The van der Waals surface area contributed by atoms with Crippen LogP contribution in [-0.2, 0) is 0 Å². The summed E-state index contributed by atoms with van der Waals surface area (Å²) in [7, 11) is 0. The Kier molecular flexibility index (Phi) is 3.65. The number of hydrogen-bond acceptors (Lipinski definition) is 3. The van der Waals surface area contributed by atoms with Crippen LogP contribution in [0.5, 0.6) is 0 Å². The van der Waals surface area contributed by atoms with E-state index in [1.54, 1.807) is 28.9 Å². The zero-order valence-electron chi connectivity index (χ0n) is 11.8. The highest BCUT2D eigenvalue weighted by molar-refractivity contribution is 6.30. The minimum atomic E-state index is -0.666. The molecule has 1 amide bonds. The number of amides is 1. The Bertz CT molecular complexity index is 759. The Labute approximate surface area is 132 Å². The first-order chi connectivity index (χ1) is 10.5. The number of nitrogens with two attached hydrogens (primary N) is 1. The molecule has 0 spiro atoms. The molecule has 1 heterocycles. The van der Waals surface area contributed by atoms with Gasteiger partial charge in [0.2, 0.25) is 5.82 Å². The van der Waals surface area contributed by atoms with Crippen LogP contribution in [0.15, 0.2) is 48.5 Å². The van der Waals surface area contributed by atoms with Crippen molar-refractivity contribution in [3.05, 3.63) is 64.9 Å². The van der Waals surface area contributed by atoms with E-state index in [1.807, 2.05) is 31.2 Å². The van der Waals surface area contributed by atoms with E-state index in [1.165, 1.54) is 0 Å². The standard InChI is InChI=1S/C16H13ClN4O/c1-10-2-4-11(5-3-10)16-19-15(14(18)22)20-21(16)13-8-6-12(17)7-9-13/h2-9H,1H3,(H2,18,22). The van der Waals surface area contributed by atoms with Gasteiger partial charge < -0.3 is 5.73 Å². The molecule has 110 valence electrons. The van der Waals surface area contributed by atoms with Crippen molar-refractivity contribution in [2.75, 3.05) is 0 Å². The second-order valence-electron chi connectivity index (χ2n) is 4.88. The van der Waals surface area contributed by atoms with Gasteiger partial charge in [-0.3, -0.25) is 4.79 Å². The van der Waals surface area contributed by atoms with E-state index in [0.29, 0.717) is 10.8 Å². The third-order valence-corrected chi connectivity index (χ3v) is 3.46. The van der Waals surface area contributed by atoms with Crippen LogP contribution in [0.1, 0.15) is 16.2 Å². The van der Waals surface area contributed by atoms with Gasteiger partial charge in [0.1, 0.15) is 0 Å². The Balaban J connectivity index is 2.17. The van der Waals surface area contributed by atoms with Gasteiger partial charge in [-0.05, 0) is 31.2 Å². The first-order valence-electron chi connectivity index (χ1n) is 6.64. The molecular formula is C16H13ClN4O. The van der Waals surface area contributed by atoms with Crippen molar-refractivity contribution in [2.24, 2.45) is 5.73 Å². The Morgan fingerprint density at radius 3 is 2.32 bits per heavy atom. The molecule has 3 aromatic rings. The van der Waals surface area contributed by atoms with Gasteiger partial charge in [-0.15, -0.1) is 5.10 Å². The summed E-state index contributed by atoms with van der Waals surface area (Å²) < 4.78 is 1.58. The molecule has 0 radical (unpaired) electrons. The number of hydrogen-bond donors (Lipinski definition) is 1. The molecule has 6 heteroatoms. The number of rotatable bonds is 3. The summed E-state index contributed by atoms with van der Waals surface area (Å²) in [5.74, 6) is -0.136. The third kappa shape index (κ3) is 2.71. The first kappa shape index (κ1) is 14.3. The summed E-state index contributed by atoms with van der Waals surface area (Å²) in [5.41, 5.74) is 8.04. The minimum Gasteiger partial charge on any atom is -0.363 e. The highest BCUT2D eigenvalue weighted by Crippen LogP contribution is 2.22. The fourth-order valence-electron chi connectivity index (χ4n) is 2.07. The van der Waals surface area contributed by atoms with Crippen molar-refractivity contribution in [1.29, 1.82) is 0 Å². The number of halogens is 1. The van der Waals surface area contributed by atoms with Crippen LogP contribution in [0.4, 0.5) is 0 Å². The highest BCUT2D eigenvalue weighted by atomic mass is 35.5. The Morgan fingerprint density at radius 1 is 1.09 bits per heavy atom. The zero-order valence-corrected chi connectivity index (χ0v) is 12.6. The Morgan fingerprint density at radius 2 is 1.73 bits per heavy atom. The van der Waals surface area contributed by atoms with Crippen molar-refractivity contribution in [3.63, 3.8) is 0 Å². The topological polar surface area (TPSA) is 73.8 Å². The quantitative estimate of drug-likeness (QED) is 0.808. The molecule has 2 aromatic carbocycles. The largest absolute Gasteiger partial charge is 0.363 e. The van der Waals surface area contributed by atoms with E-state index in [4.69, 9.17) is 17.3 Å². The van der Waals surface area contributed by atoms with Crippen molar-refractivity contribution in [2.45, 2.75) is 6.92 Å². The van der Waals surface area contributed by atoms with Gasteiger partial charge in [0, 0.05) is 10.6 Å². The maximum Gasteiger partial charge on any atom is 0.288 e. The lowest BCUT2D eigenvalue weighted by molar-refractivity contribution is 0.0990. The number of benzene rings is 2. The summed E-state index contributed by atoms with van der Waals surface area (Å²) in [6.45, 7) is 2.00. The van der Waals surface area contributed by atoms with E-state index >= 15 is 0 Å². The molecule has 0 bridgehead atoms. The predicted octanol–water partition coefficient (Wildman–Crippen LogP) is 3.00. The number of primary amides is 1. The van der Waals surface area contributed by atoms with Gasteiger partial charge in [-0.1, -0.05) is 41.4 Å². The summed E-state index contributed by atoms with van der Waals surface area (Å²) in [6.07, 6.45) is 0. The molecule has 3 rings (SSSR count). The molecule has 0 aliphatic rings. The smallest absolute Gasteiger partial charge is 0.288 e. The molecule has 0 saturated carbocycles. The molecule has 0 aliphatic carbocycles. The summed E-state index contributed by atoms with van der Waals surface area (Å²) in [4.78, 5) is 15.7. The average molecular weight is 313 g/mol. The van der Waals surface area contributed by atoms with E-state index < -0.39 is 5.91 Å². The molecule has 1 aromatic heterocycles. The van der Waals surface area contributed by atoms with Gasteiger partial charge in [0.25, 0.3) is 5.91 Å². The Hall–Kier alpha value is -2.66. The summed E-state index contributed by atoms with van der Waals surface area (Å²) in [5, 5.41) is 4.82. The van der Waals surface area contributed by atoms with Gasteiger partial charge in [-0.2, -0.15) is 0 Å².